The third-order valence-electron chi connectivity index (χ3n) is 4.92. The van der Waals surface area contributed by atoms with Gasteiger partial charge < -0.3 is 19.4 Å². The fourth-order valence-corrected chi connectivity index (χ4v) is 6.39. The van der Waals surface area contributed by atoms with E-state index in [1.807, 2.05) is 38.1 Å². The van der Waals surface area contributed by atoms with Gasteiger partial charge in [0.15, 0.2) is 0 Å². The number of anilines is 1. The van der Waals surface area contributed by atoms with E-state index in [1.54, 1.807) is 17.8 Å². The number of fused-ring (bicyclic) bond motifs is 1. The third-order valence-corrected chi connectivity index (χ3v) is 8.20. The molecule has 0 unspecified atom stereocenters. The molecule has 34 heavy (non-hydrogen) atoms. The van der Waals surface area contributed by atoms with E-state index in [1.165, 1.54) is 0 Å². The molecule has 2 aliphatic heterocycles. The molecule has 0 radical (unpaired) electrons. The fourth-order valence-electron chi connectivity index (χ4n) is 3.34. The zero-order chi connectivity index (χ0) is 25.0. The van der Waals surface area contributed by atoms with Crippen molar-refractivity contribution in [2.24, 2.45) is 0 Å². The summed E-state index contributed by atoms with van der Waals surface area (Å²) in [6, 6.07) is 6.10. The lowest BCUT2D eigenvalue weighted by atomic mass is 10.2. The van der Waals surface area contributed by atoms with Crippen LogP contribution in [0, 0.1) is 6.92 Å². The van der Waals surface area contributed by atoms with E-state index in [4.69, 9.17) is 12.2 Å². The van der Waals surface area contributed by atoms with Crippen LogP contribution in [0.1, 0.15) is 25.3 Å². The number of nitrogens with zero attached hydrogens (tertiary/aromatic N) is 2. The van der Waals surface area contributed by atoms with Crippen LogP contribution in [0.2, 0.25) is 0 Å². The lowest BCUT2D eigenvalue weighted by Gasteiger charge is -2.20. The summed E-state index contributed by atoms with van der Waals surface area (Å²) in [4.78, 5) is 27.8. The SMILES string of the molecule is CC(=CC=C1Sc2cc(C)ccc2N1CCCCS(=O)(=O)[O-])C=C1SC(=S)N(CC(=O)[O-])C1=O. The first-order valence-electron chi connectivity index (χ1n) is 10.3. The maximum atomic E-state index is 12.4. The highest BCUT2D eigenvalue weighted by atomic mass is 32.2. The molecule has 0 spiro atoms. The molecule has 2 aliphatic rings. The molecule has 1 aromatic rings. The molecule has 8 nitrogen and oxygen atoms in total. The molecule has 1 saturated heterocycles. The number of thiocarbonyl (C=S) groups is 1. The van der Waals surface area contributed by atoms with Gasteiger partial charge in [-0.1, -0.05) is 47.9 Å². The van der Waals surface area contributed by atoms with Crippen LogP contribution in [0.4, 0.5) is 5.69 Å². The highest BCUT2D eigenvalue weighted by Crippen LogP contribution is 2.46. The predicted molar refractivity (Wildman–Crippen MR) is 135 cm³/mol. The molecule has 0 N–H and O–H groups in total. The van der Waals surface area contributed by atoms with Crippen molar-refractivity contribution in [3.8, 4) is 0 Å². The van der Waals surface area contributed by atoms with Gasteiger partial charge in [-0.3, -0.25) is 9.69 Å². The molecule has 1 aromatic carbocycles. The molecule has 182 valence electrons. The summed E-state index contributed by atoms with van der Waals surface area (Å²) in [5.74, 6) is -2.23. The van der Waals surface area contributed by atoms with Gasteiger partial charge in [0.2, 0.25) is 0 Å². The van der Waals surface area contributed by atoms with Crippen LogP contribution in [0.5, 0.6) is 0 Å². The van der Waals surface area contributed by atoms with Crippen LogP contribution in [0.15, 0.2) is 56.8 Å². The van der Waals surface area contributed by atoms with Crippen LogP contribution in [0.3, 0.4) is 0 Å². The average molecular weight is 539 g/mol. The van der Waals surface area contributed by atoms with E-state index >= 15 is 0 Å². The topological polar surface area (TPSA) is 121 Å². The van der Waals surface area contributed by atoms with Gasteiger partial charge in [0.05, 0.1) is 38.3 Å². The molecule has 0 atom stereocenters. The molecular weight excluding hydrogens is 517 g/mol. The van der Waals surface area contributed by atoms with Crippen LogP contribution in [-0.4, -0.2) is 52.9 Å². The number of carboxylic acids is 1. The van der Waals surface area contributed by atoms with Crippen molar-refractivity contribution in [3.63, 3.8) is 0 Å². The van der Waals surface area contributed by atoms with Crippen LogP contribution in [0.25, 0.3) is 0 Å². The normalized spacial score (nSPS) is 19.0. The zero-order valence-electron chi connectivity index (χ0n) is 18.5. The van der Waals surface area contributed by atoms with Gasteiger partial charge in [-0.15, -0.1) is 0 Å². The molecule has 0 aliphatic carbocycles. The number of carboxylic acid groups (broad SMARTS) is 1. The fraction of sp³-hybridized carbons (Fsp3) is 0.318. The Morgan fingerprint density at radius 3 is 2.62 bits per heavy atom. The maximum Gasteiger partial charge on any atom is 0.266 e. The van der Waals surface area contributed by atoms with Gasteiger partial charge >= 0.3 is 0 Å². The van der Waals surface area contributed by atoms with Crippen LogP contribution < -0.4 is 10.0 Å². The van der Waals surface area contributed by atoms with Crippen molar-refractivity contribution in [1.82, 2.24) is 4.90 Å². The Labute approximate surface area is 212 Å². The van der Waals surface area contributed by atoms with Crippen molar-refractivity contribution < 1.29 is 27.7 Å². The highest BCUT2D eigenvalue weighted by Gasteiger charge is 2.31. The van der Waals surface area contributed by atoms with Gasteiger partial charge in [0.1, 0.15) is 4.32 Å². The molecule has 1 fully saturated rings. The number of amides is 1. The molecule has 0 aromatic heterocycles. The average Bonchev–Trinajstić information content (AvgIpc) is 3.20. The van der Waals surface area contributed by atoms with E-state index in [0.717, 1.165) is 43.4 Å². The number of carbonyl (C=O) groups is 2. The summed E-state index contributed by atoms with van der Waals surface area (Å²) in [6.07, 6.45) is 6.24. The summed E-state index contributed by atoms with van der Waals surface area (Å²) in [6.45, 7) is 3.81. The van der Waals surface area contributed by atoms with Crippen LogP contribution >= 0.6 is 35.7 Å². The van der Waals surface area contributed by atoms with E-state index in [0.29, 0.717) is 17.9 Å². The Kier molecular flexibility index (Phi) is 8.63. The first-order chi connectivity index (χ1) is 15.9. The largest absolute Gasteiger partial charge is 0.748 e. The predicted octanol–water partition coefficient (Wildman–Crippen LogP) is 2.51. The Hall–Kier alpha value is -2.12. The van der Waals surface area contributed by atoms with Crippen molar-refractivity contribution >= 4 is 67.7 Å². The molecule has 12 heteroatoms. The highest BCUT2D eigenvalue weighted by molar-refractivity contribution is 8.26. The van der Waals surface area contributed by atoms with Gasteiger partial charge in [-0.05, 0) is 62.1 Å². The van der Waals surface area contributed by atoms with Gasteiger partial charge in [-0.25, -0.2) is 8.42 Å². The van der Waals surface area contributed by atoms with Crippen molar-refractivity contribution in [1.29, 1.82) is 0 Å². The number of aryl methyl sites for hydroxylation is 1. The van der Waals surface area contributed by atoms with E-state index in [2.05, 4.69) is 11.0 Å². The Balaban J connectivity index is 1.78. The first kappa shape index (κ1) is 26.5. The van der Waals surface area contributed by atoms with Crippen LogP contribution in [-0.2, 0) is 19.7 Å². The lowest BCUT2D eigenvalue weighted by Crippen LogP contribution is -2.40. The summed E-state index contributed by atoms with van der Waals surface area (Å²) in [5, 5.41) is 11.8. The second-order valence-corrected chi connectivity index (χ2v) is 12.0. The number of hydrogen-bond donors (Lipinski definition) is 0. The third kappa shape index (κ3) is 6.95. The molecule has 0 saturated carbocycles. The van der Waals surface area contributed by atoms with E-state index in [9.17, 15) is 27.7 Å². The first-order valence-corrected chi connectivity index (χ1v) is 13.9. The van der Waals surface area contributed by atoms with E-state index < -0.39 is 28.5 Å². The molecule has 2 heterocycles. The Morgan fingerprint density at radius 1 is 1.21 bits per heavy atom. The number of allylic oxidation sites excluding steroid dienone is 4. The van der Waals surface area contributed by atoms with Gasteiger partial charge in [0, 0.05) is 17.2 Å². The Morgan fingerprint density at radius 2 is 1.94 bits per heavy atom. The second kappa shape index (κ2) is 11.1. The number of rotatable bonds is 9. The van der Waals surface area contributed by atoms with Crippen molar-refractivity contribution in [3.05, 3.63) is 57.5 Å². The quantitative estimate of drug-likeness (QED) is 0.201. The van der Waals surface area contributed by atoms with Gasteiger partial charge in [0.25, 0.3) is 5.91 Å². The molecule has 3 rings (SSSR count). The smallest absolute Gasteiger partial charge is 0.266 e. The number of benzene rings is 1. The number of carbonyl (C=O) groups excluding carboxylic acids is 2. The monoisotopic (exact) mass is 538 g/mol. The summed E-state index contributed by atoms with van der Waals surface area (Å²) in [7, 11) is -4.23. The standard InChI is InChI=1S/C22H24N2O6S4/c1-14-5-7-16-17(11-14)32-19(23(16)9-3-4-10-34(28,29)30)8-6-15(2)12-18-21(27)24(13-20(25)26)22(31)33-18/h5-8,11-12H,3-4,9-10,13H2,1-2H3,(H,25,26)(H,28,29,30)/p-2. The zero-order valence-corrected chi connectivity index (χ0v) is 21.7. The Bertz CT molecular complexity index is 1220. The molecule has 1 amide bonds. The van der Waals surface area contributed by atoms with Crippen molar-refractivity contribution in [2.75, 3.05) is 23.7 Å². The number of hydrogen-bond acceptors (Lipinski definition) is 10. The molecule has 0 bridgehead atoms. The minimum absolute atomic E-state index is 0.176. The van der Waals surface area contributed by atoms with Gasteiger partial charge in [-0.2, -0.15) is 0 Å². The van der Waals surface area contributed by atoms with E-state index in [-0.39, 0.29) is 16.5 Å². The minimum atomic E-state index is -4.23. The number of unbranched alkanes of at least 4 members (excludes halogenated alkanes) is 1. The maximum absolute atomic E-state index is 12.4. The number of aliphatic carboxylic acids is 1. The lowest BCUT2D eigenvalue weighted by molar-refractivity contribution is -0.305. The summed E-state index contributed by atoms with van der Waals surface area (Å²) >= 11 is 7.72. The summed E-state index contributed by atoms with van der Waals surface area (Å²) in [5.41, 5.74) is 2.91. The molecular formula is C22H22N2O6S4-2. The second-order valence-electron chi connectivity index (χ2n) is 7.75. The minimum Gasteiger partial charge on any atom is -0.748 e. The summed E-state index contributed by atoms with van der Waals surface area (Å²) < 4.78 is 32.9. The number of thioether (sulfide) groups is 2. The van der Waals surface area contributed by atoms with Crippen molar-refractivity contribution in [2.45, 2.75) is 31.6 Å².